The van der Waals surface area contributed by atoms with Crippen LogP contribution < -0.4 is 4.90 Å². The zero-order chi connectivity index (χ0) is 44.6. The first-order chi connectivity index (χ1) is 33.0. The lowest BCUT2D eigenvalue weighted by atomic mass is 9.67. The highest BCUT2D eigenvalue weighted by Gasteiger charge is 2.53. The second-order valence-electron chi connectivity index (χ2n) is 17.2. The fourth-order valence-corrected chi connectivity index (χ4v) is 12.1. The van der Waals surface area contributed by atoms with E-state index in [9.17, 15) is 4.11 Å². The molecule has 2 heteroatoms. The summed E-state index contributed by atoms with van der Waals surface area (Å²) in [6, 6.07) is 77.7. The Bertz CT molecular complexity index is 3800. The molecule has 298 valence electrons. The molecule has 0 bridgehead atoms. The molecule has 2 nitrogen and oxygen atoms in total. The maximum Gasteiger partial charge on any atom is 0.137 e. The first-order valence-electron chi connectivity index (χ1n) is 23.5. The van der Waals surface area contributed by atoms with E-state index in [2.05, 4.69) is 199 Å². The molecule has 0 atom stereocenters. The van der Waals surface area contributed by atoms with Crippen molar-refractivity contribution in [1.29, 1.82) is 0 Å². The molecule has 1 spiro atoms. The Morgan fingerprint density at radius 2 is 0.812 bits per heavy atom. The van der Waals surface area contributed by atoms with Gasteiger partial charge >= 0.3 is 0 Å². The van der Waals surface area contributed by atoms with Gasteiger partial charge in [0.15, 0.2) is 0 Å². The van der Waals surface area contributed by atoms with Crippen LogP contribution in [0.3, 0.4) is 0 Å². The van der Waals surface area contributed by atoms with Gasteiger partial charge in [-0.25, -0.2) is 0 Å². The van der Waals surface area contributed by atoms with Crippen molar-refractivity contribution in [2.45, 2.75) is 10.8 Å². The quantitative estimate of drug-likeness (QED) is 0.172. The van der Waals surface area contributed by atoms with Crippen LogP contribution in [0.4, 0.5) is 17.1 Å². The van der Waals surface area contributed by atoms with Gasteiger partial charge in [0.2, 0.25) is 0 Å². The van der Waals surface area contributed by atoms with Gasteiger partial charge in [0.05, 0.1) is 37.4 Å². The Kier molecular flexibility index (Phi) is 6.68. The second-order valence-corrected chi connectivity index (χ2v) is 17.2. The van der Waals surface area contributed by atoms with Gasteiger partial charge in [-0.15, -0.1) is 0 Å². The summed E-state index contributed by atoms with van der Waals surface area (Å²) in [5.74, 6) is 0. The average Bonchev–Trinajstić information content (AvgIpc) is 4.11. The summed E-state index contributed by atoms with van der Waals surface area (Å²) < 4.78 is 35.7. The van der Waals surface area contributed by atoms with Crippen molar-refractivity contribution in [3.8, 4) is 33.4 Å². The molecule has 3 aliphatic carbocycles. The van der Waals surface area contributed by atoms with Gasteiger partial charge in [-0.05, 0) is 103 Å². The maximum absolute atomic E-state index is 10.2. The van der Waals surface area contributed by atoms with Crippen LogP contribution in [-0.4, -0.2) is 0 Å². The number of para-hydroxylation sites is 2. The van der Waals surface area contributed by atoms with E-state index < -0.39 is 10.8 Å². The van der Waals surface area contributed by atoms with Gasteiger partial charge in [0, 0.05) is 10.9 Å². The van der Waals surface area contributed by atoms with E-state index in [4.69, 9.17) is 4.42 Å². The lowest BCUT2D eigenvalue weighted by Gasteiger charge is -2.39. The average molecular weight is 817 g/mol. The Labute approximate surface area is 376 Å². The Morgan fingerprint density at radius 3 is 1.45 bits per heavy atom. The predicted molar refractivity (Wildman–Crippen MR) is 262 cm³/mol. The molecule has 0 fully saturated rings. The van der Waals surface area contributed by atoms with Gasteiger partial charge in [0.25, 0.3) is 0 Å². The molecule has 0 N–H and O–H groups in total. The number of anilines is 3. The minimum Gasteiger partial charge on any atom is -0.456 e. The second kappa shape index (κ2) is 13.2. The SMILES string of the molecule is [2H]c1c([2H])c(N(c2ccccc2C2(c3ccccc3)c3ccccc3-c3ccccc32)c2cccc3c2-c2ccccc2C32c3ccccc3-c3ccccc32)c2c(oc3ccccc32)c1[2H]. The lowest BCUT2D eigenvalue weighted by Crippen LogP contribution is -2.31. The molecule has 0 saturated carbocycles. The third kappa shape index (κ3) is 4.39. The highest BCUT2D eigenvalue weighted by molar-refractivity contribution is 6.14. The third-order valence-electron chi connectivity index (χ3n) is 14.4. The lowest BCUT2D eigenvalue weighted by molar-refractivity contribution is 0.669. The van der Waals surface area contributed by atoms with Gasteiger partial charge < -0.3 is 9.32 Å². The summed E-state index contributed by atoms with van der Waals surface area (Å²) >= 11 is 0. The maximum atomic E-state index is 10.2. The van der Waals surface area contributed by atoms with Crippen molar-refractivity contribution in [2.24, 2.45) is 0 Å². The van der Waals surface area contributed by atoms with Crippen molar-refractivity contribution in [3.05, 3.63) is 281 Å². The predicted octanol–water partition coefficient (Wildman–Crippen LogP) is 15.8. The van der Waals surface area contributed by atoms with Crippen LogP contribution in [-0.2, 0) is 10.8 Å². The van der Waals surface area contributed by atoms with E-state index in [1.165, 1.54) is 50.1 Å². The Hall–Kier alpha value is -8.20. The molecule has 10 aromatic carbocycles. The zero-order valence-corrected chi connectivity index (χ0v) is 34.6. The Balaban J connectivity index is 1.18. The van der Waals surface area contributed by atoms with E-state index in [1.54, 1.807) is 0 Å². The zero-order valence-electron chi connectivity index (χ0n) is 37.6. The molecule has 1 aromatic heterocycles. The topological polar surface area (TPSA) is 16.4 Å². The van der Waals surface area contributed by atoms with Gasteiger partial charge in [-0.1, -0.05) is 206 Å². The van der Waals surface area contributed by atoms with Crippen LogP contribution in [0.2, 0.25) is 0 Å². The fraction of sp³-hybridized carbons (Fsp3) is 0.0323. The number of nitrogens with zero attached hydrogens (tertiary/aromatic N) is 1. The van der Waals surface area contributed by atoms with E-state index in [-0.39, 0.29) is 23.7 Å². The molecule has 0 saturated heterocycles. The van der Waals surface area contributed by atoms with Crippen LogP contribution in [0, 0.1) is 0 Å². The van der Waals surface area contributed by atoms with Crippen LogP contribution in [0.5, 0.6) is 0 Å². The summed E-state index contributed by atoms with van der Waals surface area (Å²) in [7, 11) is 0. The number of furan rings is 1. The van der Waals surface area contributed by atoms with Crippen LogP contribution in [0.15, 0.2) is 241 Å². The fourth-order valence-electron chi connectivity index (χ4n) is 12.1. The summed E-state index contributed by atoms with van der Waals surface area (Å²) in [6.45, 7) is 0. The molecule has 11 aromatic rings. The van der Waals surface area contributed by atoms with Crippen molar-refractivity contribution in [2.75, 3.05) is 4.90 Å². The molecule has 0 aliphatic heterocycles. The monoisotopic (exact) mass is 816 g/mol. The van der Waals surface area contributed by atoms with Crippen molar-refractivity contribution < 1.29 is 8.53 Å². The minimum atomic E-state index is -0.803. The van der Waals surface area contributed by atoms with E-state index in [0.29, 0.717) is 16.7 Å². The van der Waals surface area contributed by atoms with E-state index in [0.717, 1.165) is 44.6 Å². The first-order valence-corrected chi connectivity index (χ1v) is 22.0. The van der Waals surface area contributed by atoms with Gasteiger partial charge in [-0.2, -0.15) is 0 Å². The Morgan fingerprint density at radius 1 is 0.344 bits per heavy atom. The summed E-state index contributed by atoms with van der Waals surface area (Å²) in [4.78, 5) is 2.26. The molecule has 64 heavy (non-hydrogen) atoms. The third-order valence-corrected chi connectivity index (χ3v) is 14.4. The van der Waals surface area contributed by atoms with Gasteiger partial charge in [0.1, 0.15) is 11.2 Å². The summed E-state index contributed by atoms with van der Waals surface area (Å²) in [5, 5.41) is 1.42. The van der Waals surface area contributed by atoms with Crippen molar-refractivity contribution in [1.82, 2.24) is 0 Å². The standard InChI is InChI=1S/C62H39NO/c1-2-20-40(21-3-1)61(47-28-10-4-22-41(47)42-23-5-11-29-48(42)61)52-33-15-16-35-54(52)63(56-37-19-39-58-60(56)46-27-9-17-38-57(46)64-58)55-36-18-34-53-59(55)45-26-8-14-32-51(45)62(53)49-30-12-6-24-43(49)44-25-7-13-31-50(44)62/h1-39H/i19D,37D,39D. The number of rotatable bonds is 5. The van der Waals surface area contributed by atoms with Crippen molar-refractivity contribution in [3.63, 3.8) is 0 Å². The van der Waals surface area contributed by atoms with Crippen LogP contribution >= 0.6 is 0 Å². The molecule has 1 heterocycles. The first kappa shape index (κ1) is 32.5. The number of benzene rings is 10. The molecular formula is C62H39NO. The minimum absolute atomic E-state index is 0.0463. The normalized spacial score (nSPS) is 14.8. The van der Waals surface area contributed by atoms with Crippen LogP contribution in [0.25, 0.3) is 55.3 Å². The number of hydrogen-bond acceptors (Lipinski definition) is 2. The van der Waals surface area contributed by atoms with Gasteiger partial charge in [-0.3, -0.25) is 0 Å². The molecule has 0 amide bonds. The van der Waals surface area contributed by atoms with E-state index in [1.807, 2.05) is 24.3 Å². The van der Waals surface area contributed by atoms with E-state index >= 15 is 0 Å². The van der Waals surface area contributed by atoms with Crippen molar-refractivity contribution >= 4 is 39.0 Å². The number of hydrogen-bond donors (Lipinski definition) is 0. The summed E-state index contributed by atoms with van der Waals surface area (Å²) in [5.41, 5.74) is 18.0. The molecule has 14 rings (SSSR count). The summed E-state index contributed by atoms with van der Waals surface area (Å²) in [6.07, 6.45) is 0. The number of fused-ring (bicyclic) bond motifs is 16. The highest BCUT2D eigenvalue weighted by atomic mass is 16.3. The highest BCUT2D eigenvalue weighted by Crippen LogP contribution is 2.66. The molecule has 3 aliphatic rings. The van der Waals surface area contributed by atoms with Crippen LogP contribution in [0.1, 0.15) is 48.6 Å². The smallest absolute Gasteiger partial charge is 0.137 e. The largest absolute Gasteiger partial charge is 0.456 e. The molecule has 0 radical (unpaired) electrons. The molecule has 0 unspecified atom stereocenters. The molecular weight excluding hydrogens is 775 g/mol.